The van der Waals surface area contributed by atoms with E-state index >= 15 is 0 Å². The highest BCUT2D eigenvalue weighted by atomic mass is 32.2. The van der Waals surface area contributed by atoms with Crippen molar-refractivity contribution in [3.8, 4) is 0 Å². The molecule has 0 aromatic carbocycles. The van der Waals surface area contributed by atoms with Gasteiger partial charge in [-0.2, -0.15) is 10.1 Å². The molecule has 0 saturated carbocycles. The lowest BCUT2D eigenvalue weighted by Crippen LogP contribution is -2.26. The fourth-order valence-electron chi connectivity index (χ4n) is 3.68. The lowest BCUT2D eigenvalue weighted by atomic mass is 9.89. The maximum Gasteiger partial charge on any atom is 0.307 e. The van der Waals surface area contributed by atoms with Crippen molar-refractivity contribution in [1.82, 2.24) is 9.78 Å². The van der Waals surface area contributed by atoms with Gasteiger partial charge in [-0.3, -0.25) is 19.6 Å². The molecule has 0 radical (unpaired) electrons. The molecule has 4 heterocycles. The number of amides is 1. The summed E-state index contributed by atoms with van der Waals surface area (Å²) in [6, 6.07) is 3.43. The van der Waals surface area contributed by atoms with Crippen molar-refractivity contribution in [2.45, 2.75) is 32.2 Å². The fourth-order valence-corrected chi connectivity index (χ4v) is 5.03. The number of rotatable bonds is 4. The van der Waals surface area contributed by atoms with Gasteiger partial charge in [0.2, 0.25) is 0 Å². The van der Waals surface area contributed by atoms with E-state index in [2.05, 4.69) is 15.1 Å². The Balaban J connectivity index is 1.36. The van der Waals surface area contributed by atoms with Gasteiger partial charge in [-0.05, 0) is 48.3 Å². The van der Waals surface area contributed by atoms with E-state index in [0.717, 1.165) is 30.7 Å². The monoisotopic (exact) mass is 397 g/mol. The van der Waals surface area contributed by atoms with Crippen molar-refractivity contribution in [1.29, 1.82) is 0 Å². The Morgan fingerprint density at radius 1 is 1.29 bits per heavy atom. The van der Waals surface area contributed by atoms with Crippen molar-refractivity contribution >= 4 is 34.2 Å². The first-order valence-electron chi connectivity index (χ1n) is 8.95. The molecular weight excluding hydrogens is 382 g/mol. The predicted octanol–water partition coefficient (Wildman–Crippen LogP) is 3.31. The Hall–Kier alpha value is -3.01. The number of carbonyl (C=O) groups excluding carboxylic acids is 1. The topological polar surface area (TPSA) is 116 Å². The van der Waals surface area contributed by atoms with Crippen LogP contribution in [-0.2, 0) is 11.3 Å². The van der Waals surface area contributed by atoms with Gasteiger partial charge in [0.1, 0.15) is 24.1 Å². The van der Waals surface area contributed by atoms with E-state index in [4.69, 9.17) is 4.42 Å². The van der Waals surface area contributed by atoms with E-state index in [1.54, 1.807) is 23.9 Å². The van der Waals surface area contributed by atoms with Crippen LogP contribution in [0.25, 0.3) is 0 Å². The quantitative estimate of drug-likeness (QED) is 0.577. The van der Waals surface area contributed by atoms with Crippen molar-refractivity contribution in [2.75, 3.05) is 0 Å². The maximum absolute atomic E-state index is 12.6. The van der Waals surface area contributed by atoms with Gasteiger partial charge in [-0.1, -0.05) is 11.8 Å². The molecule has 28 heavy (non-hydrogen) atoms. The second kappa shape index (κ2) is 6.55. The third kappa shape index (κ3) is 2.89. The summed E-state index contributed by atoms with van der Waals surface area (Å²) >= 11 is 1.60. The van der Waals surface area contributed by atoms with Crippen LogP contribution in [0.4, 0.5) is 5.69 Å². The van der Waals surface area contributed by atoms with Gasteiger partial charge in [0.15, 0.2) is 11.6 Å². The molecule has 2 aromatic rings. The van der Waals surface area contributed by atoms with Crippen LogP contribution in [0.2, 0.25) is 0 Å². The number of aliphatic imine (C=N–C) groups is 2. The fraction of sp³-hybridized carbons (Fsp3) is 0.333. The van der Waals surface area contributed by atoms with Gasteiger partial charge < -0.3 is 4.42 Å². The zero-order valence-electron chi connectivity index (χ0n) is 14.7. The van der Waals surface area contributed by atoms with Gasteiger partial charge in [0, 0.05) is 0 Å². The molecule has 1 aliphatic carbocycles. The van der Waals surface area contributed by atoms with Crippen LogP contribution in [0.1, 0.15) is 37.2 Å². The average Bonchev–Trinajstić information content (AvgIpc) is 3.39. The van der Waals surface area contributed by atoms with Gasteiger partial charge in [0.25, 0.3) is 5.91 Å². The number of carbonyl (C=O) groups is 1. The van der Waals surface area contributed by atoms with Crippen LogP contribution in [0.5, 0.6) is 0 Å². The predicted molar refractivity (Wildman–Crippen MR) is 102 cm³/mol. The molecule has 142 valence electrons. The highest BCUT2D eigenvalue weighted by Gasteiger charge is 2.41. The number of amidine groups is 1. The molecule has 2 aliphatic heterocycles. The molecular formula is C18H15N5O4S. The summed E-state index contributed by atoms with van der Waals surface area (Å²) in [7, 11) is 0. The normalized spacial score (nSPS) is 21.3. The number of nitrogens with zero attached hydrogens (tertiary/aromatic N) is 5. The molecule has 0 fully saturated rings. The van der Waals surface area contributed by atoms with Crippen LogP contribution in [-0.4, -0.2) is 31.5 Å². The molecule has 9 nitrogen and oxygen atoms in total. The first-order valence-corrected chi connectivity index (χ1v) is 9.77. The summed E-state index contributed by atoms with van der Waals surface area (Å²) < 4.78 is 7.19. The first-order chi connectivity index (χ1) is 13.6. The van der Waals surface area contributed by atoms with E-state index in [0.29, 0.717) is 11.5 Å². The molecule has 1 amide bonds. The number of nitro groups is 1. The van der Waals surface area contributed by atoms with E-state index < -0.39 is 4.92 Å². The SMILES string of the molecule is O=C1N=C(c2ccc(Cn3cc([N+](=O)[O-])cn3)o2)N=C2SC3=C(CCCC3)C12. The molecule has 3 aliphatic rings. The minimum atomic E-state index is -0.501. The van der Waals surface area contributed by atoms with Crippen LogP contribution >= 0.6 is 11.8 Å². The van der Waals surface area contributed by atoms with Gasteiger partial charge in [-0.25, -0.2) is 4.99 Å². The molecule has 0 N–H and O–H groups in total. The molecule has 0 bridgehead atoms. The maximum atomic E-state index is 12.6. The van der Waals surface area contributed by atoms with Gasteiger partial charge >= 0.3 is 5.69 Å². The summed E-state index contributed by atoms with van der Waals surface area (Å²) in [4.78, 5) is 32.9. The smallest absolute Gasteiger partial charge is 0.307 e. The van der Waals surface area contributed by atoms with Crippen LogP contribution in [0.15, 0.2) is 49.4 Å². The lowest BCUT2D eigenvalue weighted by molar-refractivity contribution is -0.385. The molecule has 2 aromatic heterocycles. The Labute approximate surface area is 163 Å². The zero-order chi connectivity index (χ0) is 19.3. The molecule has 0 saturated heterocycles. The lowest BCUT2D eigenvalue weighted by Gasteiger charge is -2.17. The second-order valence-corrected chi connectivity index (χ2v) is 7.95. The first kappa shape index (κ1) is 17.1. The Morgan fingerprint density at radius 2 is 2.14 bits per heavy atom. The molecule has 1 atom stereocenters. The van der Waals surface area contributed by atoms with Crippen molar-refractivity contribution in [3.63, 3.8) is 0 Å². The standard InChI is InChI=1S/C18H15N5O4S/c24-17-15-12-3-1-2-4-14(12)28-18(15)21-16(20-17)13-6-5-11(27-13)9-22-8-10(7-19-22)23(25)26/h5-8,15H,1-4,9H2. The van der Waals surface area contributed by atoms with Gasteiger partial charge in [-0.15, -0.1) is 0 Å². The summed E-state index contributed by atoms with van der Waals surface area (Å²) in [5.41, 5.74) is 1.12. The van der Waals surface area contributed by atoms with Crippen molar-refractivity contribution in [3.05, 3.63) is 56.6 Å². The highest BCUT2D eigenvalue weighted by molar-refractivity contribution is 8.17. The second-order valence-electron chi connectivity index (χ2n) is 6.83. The van der Waals surface area contributed by atoms with E-state index in [1.807, 2.05) is 0 Å². The van der Waals surface area contributed by atoms with E-state index in [9.17, 15) is 14.9 Å². The number of allylic oxidation sites excluding steroid dienone is 1. The van der Waals surface area contributed by atoms with Crippen LogP contribution in [0, 0.1) is 16.0 Å². The Morgan fingerprint density at radius 3 is 2.96 bits per heavy atom. The number of hydrogen-bond acceptors (Lipinski definition) is 7. The summed E-state index contributed by atoms with van der Waals surface area (Å²) in [6.07, 6.45) is 6.75. The van der Waals surface area contributed by atoms with Crippen molar-refractivity contribution in [2.24, 2.45) is 15.9 Å². The minimum absolute atomic E-state index is 0.0822. The number of aromatic nitrogens is 2. The minimum Gasteiger partial charge on any atom is -0.456 e. The number of furan rings is 1. The molecule has 1 unspecified atom stereocenters. The highest BCUT2D eigenvalue weighted by Crippen LogP contribution is 2.47. The van der Waals surface area contributed by atoms with Crippen molar-refractivity contribution < 1.29 is 14.1 Å². The largest absolute Gasteiger partial charge is 0.456 e. The Kier molecular flexibility index (Phi) is 4.00. The summed E-state index contributed by atoms with van der Waals surface area (Å²) in [6.45, 7) is 0.235. The van der Waals surface area contributed by atoms with Gasteiger partial charge in [0.05, 0.1) is 16.5 Å². The number of fused-ring (bicyclic) bond motifs is 2. The summed E-state index contributed by atoms with van der Waals surface area (Å²) in [5, 5.41) is 15.5. The number of thioether (sulfide) groups is 1. The Bertz CT molecular complexity index is 1090. The molecule has 5 rings (SSSR count). The average molecular weight is 397 g/mol. The van der Waals surface area contributed by atoms with E-state index in [-0.39, 0.29) is 29.9 Å². The van der Waals surface area contributed by atoms with Crippen LogP contribution < -0.4 is 0 Å². The van der Waals surface area contributed by atoms with E-state index in [1.165, 1.54) is 27.6 Å². The van der Waals surface area contributed by atoms with Crippen LogP contribution in [0.3, 0.4) is 0 Å². The third-order valence-corrected chi connectivity index (χ3v) is 6.24. The molecule has 0 spiro atoms. The third-order valence-electron chi connectivity index (χ3n) is 4.99. The summed E-state index contributed by atoms with van der Waals surface area (Å²) in [5.74, 6) is 0.743. The number of hydrogen-bond donors (Lipinski definition) is 0. The zero-order valence-corrected chi connectivity index (χ0v) is 15.5. The molecule has 10 heteroatoms.